The molecule has 0 aliphatic carbocycles. The molecular formula is C4H8O10S2. The van der Waals surface area contributed by atoms with Gasteiger partial charge in [-0.1, -0.05) is 0 Å². The van der Waals surface area contributed by atoms with Gasteiger partial charge >= 0.3 is 11.9 Å². The lowest BCUT2D eigenvalue weighted by Gasteiger charge is -1.85. The molecular weight excluding hydrogens is 272 g/mol. The highest BCUT2D eigenvalue weighted by Gasteiger charge is 2.09. The standard InChI is InChI=1S/2C2H4O5S/c2*3-2(4)1-8(5,6)7/h2*1H2,(H,3,4)(H,5,6,7). The molecule has 0 aromatic heterocycles. The van der Waals surface area contributed by atoms with E-state index in [1.807, 2.05) is 0 Å². The van der Waals surface area contributed by atoms with Crippen LogP contribution < -0.4 is 0 Å². The lowest BCUT2D eigenvalue weighted by atomic mass is 10.8. The molecule has 0 aliphatic heterocycles. The zero-order valence-corrected chi connectivity index (χ0v) is 9.10. The van der Waals surface area contributed by atoms with E-state index in [9.17, 15) is 26.4 Å². The predicted molar refractivity (Wildman–Crippen MR) is 48.1 cm³/mol. The molecule has 0 atom stereocenters. The summed E-state index contributed by atoms with van der Waals surface area (Å²) in [4.78, 5) is 19.0. The highest BCUT2D eigenvalue weighted by molar-refractivity contribution is 7.86. The zero-order valence-electron chi connectivity index (χ0n) is 7.47. The van der Waals surface area contributed by atoms with Crippen LogP contribution in [0.1, 0.15) is 0 Å². The minimum Gasteiger partial charge on any atom is -0.480 e. The first-order valence-corrected chi connectivity index (χ1v) is 6.39. The van der Waals surface area contributed by atoms with Crippen LogP contribution in [0.2, 0.25) is 0 Å². The van der Waals surface area contributed by atoms with Gasteiger partial charge in [0.1, 0.15) is 0 Å². The van der Waals surface area contributed by atoms with Crippen molar-refractivity contribution in [3.05, 3.63) is 0 Å². The van der Waals surface area contributed by atoms with E-state index in [4.69, 9.17) is 19.3 Å². The molecule has 0 saturated heterocycles. The van der Waals surface area contributed by atoms with Gasteiger partial charge in [0.25, 0.3) is 20.2 Å². The lowest BCUT2D eigenvalue weighted by Crippen LogP contribution is -2.13. The molecule has 0 fully saturated rings. The highest BCUT2D eigenvalue weighted by Crippen LogP contribution is 1.79. The van der Waals surface area contributed by atoms with Gasteiger partial charge in [0.05, 0.1) is 0 Å². The topological polar surface area (TPSA) is 183 Å². The Bertz CT molecular complexity index is 397. The van der Waals surface area contributed by atoms with Crippen molar-refractivity contribution in [3.63, 3.8) is 0 Å². The molecule has 0 aromatic carbocycles. The summed E-state index contributed by atoms with van der Waals surface area (Å²) in [6.45, 7) is 0. The maximum atomic E-state index is 9.62. The predicted octanol–water partition coefficient (Wildman–Crippen LogP) is -2.08. The first-order chi connectivity index (χ1) is 6.83. The summed E-state index contributed by atoms with van der Waals surface area (Å²) in [7, 11) is -8.65. The van der Waals surface area contributed by atoms with Crippen molar-refractivity contribution in [2.24, 2.45) is 0 Å². The fraction of sp³-hybridized carbons (Fsp3) is 0.500. The van der Waals surface area contributed by atoms with Crippen molar-refractivity contribution in [1.82, 2.24) is 0 Å². The number of rotatable bonds is 4. The average molecular weight is 280 g/mol. The molecule has 0 aliphatic rings. The Hall–Kier alpha value is -1.24. The Morgan fingerprint density at radius 3 is 0.938 bits per heavy atom. The average Bonchev–Trinajstić information content (AvgIpc) is 1.72. The number of carboxylic acid groups (broad SMARTS) is 2. The Balaban J connectivity index is 0. The maximum absolute atomic E-state index is 9.62. The van der Waals surface area contributed by atoms with Crippen molar-refractivity contribution >= 4 is 32.2 Å². The first-order valence-electron chi connectivity index (χ1n) is 3.17. The second kappa shape index (κ2) is 6.37. The van der Waals surface area contributed by atoms with Crippen LogP contribution in [0.25, 0.3) is 0 Å². The Kier molecular flexibility index (Phi) is 6.83. The van der Waals surface area contributed by atoms with E-state index in [2.05, 4.69) is 0 Å². The molecule has 0 rings (SSSR count). The van der Waals surface area contributed by atoms with Gasteiger partial charge in [-0.3, -0.25) is 18.7 Å². The molecule has 0 spiro atoms. The summed E-state index contributed by atoms with van der Waals surface area (Å²) in [6, 6.07) is 0. The third-order valence-corrected chi connectivity index (χ3v) is 1.84. The molecule has 0 aromatic rings. The second-order valence-corrected chi connectivity index (χ2v) is 5.14. The fourth-order valence-corrected chi connectivity index (χ4v) is 0.936. The van der Waals surface area contributed by atoms with Gasteiger partial charge in [-0.05, 0) is 0 Å². The number of carboxylic acids is 2. The number of hydrogen-bond acceptors (Lipinski definition) is 6. The van der Waals surface area contributed by atoms with Crippen LogP contribution in [0.5, 0.6) is 0 Å². The monoisotopic (exact) mass is 280 g/mol. The van der Waals surface area contributed by atoms with Crippen LogP contribution >= 0.6 is 0 Å². The van der Waals surface area contributed by atoms with E-state index in [0.29, 0.717) is 0 Å². The minimum atomic E-state index is -4.32. The van der Waals surface area contributed by atoms with Gasteiger partial charge in [-0.2, -0.15) is 16.8 Å². The summed E-state index contributed by atoms with van der Waals surface area (Å²) in [5.41, 5.74) is 0. The molecule has 0 bridgehead atoms. The van der Waals surface area contributed by atoms with Crippen molar-refractivity contribution in [3.8, 4) is 0 Å². The van der Waals surface area contributed by atoms with Crippen molar-refractivity contribution in [2.45, 2.75) is 0 Å². The van der Waals surface area contributed by atoms with Crippen LogP contribution in [-0.2, 0) is 29.8 Å². The number of carbonyl (C=O) groups is 2. The molecule has 16 heavy (non-hydrogen) atoms. The van der Waals surface area contributed by atoms with Crippen LogP contribution in [0.4, 0.5) is 0 Å². The van der Waals surface area contributed by atoms with E-state index in [1.54, 1.807) is 0 Å². The first kappa shape index (κ1) is 17.2. The molecule has 96 valence electrons. The molecule has 0 saturated carbocycles. The van der Waals surface area contributed by atoms with E-state index < -0.39 is 43.7 Å². The third-order valence-electron chi connectivity index (χ3n) is 0.612. The van der Waals surface area contributed by atoms with Crippen LogP contribution in [-0.4, -0.2) is 59.6 Å². The SMILES string of the molecule is O=C(O)CS(=O)(=O)O.O=C(O)CS(=O)(=O)O. The van der Waals surface area contributed by atoms with E-state index >= 15 is 0 Å². The van der Waals surface area contributed by atoms with Gasteiger partial charge in [-0.25, -0.2) is 0 Å². The minimum absolute atomic E-state index is 1.23. The van der Waals surface area contributed by atoms with Gasteiger partial charge < -0.3 is 10.2 Å². The van der Waals surface area contributed by atoms with Crippen molar-refractivity contribution in [1.29, 1.82) is 0 Å². The van der Waals surface area contributed by atoms with Crippen LogP contribution in [0, 0.1) is 0 Å². The Morgan fingerprint density at radius 2 is 0.938 bits per heavy atom. The number of hydrogen-bond donors (Lipinski definition) is 4. The maximum Gasteiger partial charge on any atom is 0.321 e. The molecule has 0 amide bonds. The quantitative estimate of drug-likeness (QED) is 0.416. The molecule has 0 radical (unpaired) electrons. The van der Waals surface area contributed by atoms with Crippen molar-refractivity contribution < 1.29 is 45.7 Å². The highest BCUT2D eigenvalue weighted by atomic mass is 32.2. The fourth-order valence-electron chi connectivity index (χ4n) is 0.312. The molecule has 0 unspecified atom stereocenters. The van der Waals surface area contributed by atoms with Gasteiger partial charge in [-0.15, -0.1) is 0 Å². The van der Waals surface area contributed by atoms with E-state index in [1.165, 1.54) is 0 Å². The summed E-state index contributed by atoms with van der Waals surface area (Å²) < 4.78 is 54.0. The Labute approximate surface area is 90.0 Å². The lowest BCUT2D eigenvalue weighted by molar-refractivity contribution is -0.135. The summed E-state index contributed by atoms with van der Waals surface area (Å²) in [5, 5.41) is 15.4. The van der Waals surface area contributed by atoms with Crippen LogP contribution in [0.15, 0.2) is 0 Å². The zero-order chi connectivity index (χ0) is 13.6. The van der Waals surface area contributed by atoms with Crippen molar-refractivity contribution in [2.75, 3.05) is 11.5 Å². The van der Waals surface area contributed by atoms with Gasteiger partial charge in [0.15, 0.2) is 11.5 Å². The van der Waals surface area contributed by atoms with Gasteiger partial charge in [0, 0.05) is 0 Å². The summed E-state index contributed by atoms with van der Waals surface area (Å²) >= 11 is 0. The normalized spacial score (nSPS) is 11.1. The van der Waals surface area contributed by atoms with E-state index in [-0.39, 0.29) is 0 Å². The summed E-state index contributed by atoms with van der Waals surface area (Å²) in [5.74, 6) is -5.58. The smallest absolute Gasteiger partial charge is 0.321 e. The summed E-state index contributed by atoms with van der Waals surface area (Å²) in [6.07, 6.45) is 0. The largest absolute Gasteiger partial charge is 0.480 e. The molecule has 12 heteroatoms. The molecule has 0 heterocycles. The molecule has 4 N–H and O–H groups in total. The second-order valence-electron chi connectivity index (χ2n) is 2.24. The number of aliphatic carboxylic acids is 2. The van der Waals surface area contributed by atoms with Crippen LogP contribution in [0.3, 0.4) is 0 Å². The van der Waals surface area contributed by atoms with Gasteiger partial charge in [0.2, 0.25) is 0 Å². The van der Waals surface area contributed by atoms with E-state index in [0.717, 1.165) is 0 Å². The third kappa shape index (κ3) is 23.0. The Morgan fingerprint density at radius 1 is 0.750 bits per heavy atom. The molecule has 10 nitrogen and oxygen atoms in total.